The normalized spacial score (nSPS) is 26.3. The van der Waals surface area contributed by atoms with Crippen molar-refractivity contribution < 1.29 is 18.0 Å². The van der Waals surface area contributed by atoms with Crippen molar-refractivity contribution in [1.82, 2.24) is 0 Å². The van der Waals surface area contributed by atoms with Crippen LogP contribution in [0.4, 0.5) is 18.9 Å². The number of rotatable bonds is 1. The Hall–Kier alpha value is -1.56. The number of nitrogens with two attached hydrogens (primary N) is 1. The monoisotopic (exact) mass is 286 g/mol. The van der Waals surface area contributed by atoms with E-state index in [-0.39, 0.29) is 0 Å². The van der Waals surface area contributed by atoms with Gasteiger partial charge in [0.25, 0.3) is 0 Å². The highest BCUT2D eigenvalue weighted by Crippen LogP contribution is 2.42. The maximum Gasteiger partial charge on any atom is 0.391 e. The van der Waals surface area contributed by atoms with Gasteiger partial charge in [-0.05, 0) is 17.5 Å². The van der Waals surface area contributed by atoms with Gasteiger partial charge in [0, 0.05) is 24.7 Å². The van der Waals surface area contributed by atoms with E-state index >= 15 is 0 Å². The van der Waals surface area contributed by atoms with Gasteiger partial charge in [0.15, 0.2) is 0 Å². The molecule has 2 rings (SSSR count). The van der Waals surface area contributed by atoms with Crippen LogP contribution >= 0.6 is 0 Å². The Bertz CT molecular complexity index is 515. The fourth-order valence-corrected chi connectivity index (χ4v) is 2.84. The van der Waals surface area contributed by atoms with E-state index in [9.17, 15) is 18.0 Å². The van der Waals surface area contributed by atoms with E-state index in [1.54, 1.807) is 31.2 Å². The van der Waals surface area contributed by atoms with Crippen molar-refractivity contribution in [3.63, 3.8) is 0 Å². The molecule has 3 nitrogen and oxygen atoms in total. The number of hydrogen-bond acceptors (Lipinski definition) is 2. The van der Waals surface area contributed by atoms with Crippen LogP contribution in [0.5, 0.6) is 0 Å². The number of carbonyl (C=O) groups excluding carboxylic acids is 1. The number of alkyl halides is 3. The standard InChI is InChI=1S/C14H17F3N2O/c1-8-12(7-14(15,16)17)19(9(2)20)11-6-4-3-5-10(11)13(8)18/h3-6,8,12-13H,7,18H2,1-2H3/t8-,12-,13+/m0/s1. The van der Waals surface area contributed by atoms with Crippen LogP contribution in [-0.4, -0.2) is 18.1 Å². The van der Waals surface area contributed by atoms with E-state index < -0.39 is 36.5 Å². The Morgan fingerprint density at radius 2 is 1.95 bits per heavy atom. The largest absolute Gasteiger partial charge is 0.391 e. The zero-order valence-electron chi connectivity index (χ0n) is 11.3. The van der Waals surface area contributed by atoms with Gasteiger partial charge in [-0.15, -0.1) is 0 Å². The second kappa shape index (κ2) is 5.09. The average molecular weight is 286 g/mol. The summed E-state index contributed by atoms with van der Waals surface area (Å²) in [5.74, 6) is -0.860. The molecule has 1 aromatic rings. The number of halogens is 3. The van der Waals surface area contributed by atoms with Gasteiger partial charge in [-0.1, -0.05) is 25.1 Å². The van der Waals surface area contributed by atoms with Crippen molar-refractivity contribution in [2.24, 2.45) is 11.7 Å². The Morgan fingerprint density at radius 1 is 1.35 bits per heavy atom. The molecule has 0 bridgehead atoms. The molecule has 20 heavy (non-hydrogen) atoms. The lowest BCUT2D eigenvalue weighted by Gasteiger charge is -2.44. The molecule has 0 aliphatic carbocycles. The topological polar surface area (TPSA) is 46.3 Å². The van der Waals surface area contributed by atoms with Crippen molar-refractivity contribution >= 4 is 11.6 Å². The minimum Gasteiger partial charge on any atom is -0.324 e. The van der Waals surface area contributed by atoms with Crippen LogP contribution in [0.3, 0.4) is 0 Å². The van der Waals surface area contributed by atoms with Crippen LogP contribution in [0, 0.1) is 5.92 Å². The molecule has 1 aliphatic heterocycles. The van der Waals surface area contributed by atoms with Crippen LogP contribution in [-0.2, 0) is 4.79 Å². The summed E-state index contributed by atoms with van der Waals surface area (Å²) in [6.07, 6.45) is -5.38. The van der Waals surface area contributed by atoms with Gasteiger partial charge in [0.1, 0.15) is 0 Å². The Balaban J connectivity index is 2.50. The van der Waals surface area contributed by atoms with Crippen molar-refractivity contribution in [2.45, 2.75) is 38.5 Å². The molecule has 0 aromatic heterocycles. The summed E-state index contributed by atoms with van der Waals surface area (Å²) in [7, 11) is 0. The Kier molecular flexibility index (Phi) is 3.77. The number of hydrogen-bond donors (Lipinski definition) is 1. The summed E-state index contributed by atoms with van der Waals surface area (Å²) < 4.78 is 38.3. The summed E-state index contributed by atoms with van der Waals surface area (Å²) in [6.45, 7) is 2.94. The maximum absolute atomic E-state index is 12.8. The highest BCUT2D eigenvalue weighted by Gasteiger charge is 2.44. The summed E-state index contributed by atoms with van der Waals surface area (Å²) in [5.41, 5.74) is 7.26. The van der Waals surface area contributed by atoms with Crippen molar-refractivity contribution in [2.75, 3.05) is 4.90 Å². The number of fused-ring (bicyclic) bond motifs is 1. The molecule has 3 atom stereocenters. The molecule has 0 saturated heterocycles. The molecule has 2 N–H and O–H groups in total. The molecule has 0 unspecified atom stereocenters. The van der Waals surface area contributed by atoms with Crippen LogP contribution in [0.15, 0.2) is 24.3 Å². The third-order valence-corrected chi connectivity index (χ3v) is 3.84. The molecule has 0 fully saturated rings. The molecule has 1 amide bonds. The summed E-state index contributed by atoms with van der Waals surface area (Å²) in [5, 5.41) is 0. The van der Waals surface area contributed by atoms with Gasteiger partial charge in [-0.2, -0.15) is 13.2 Å². The number of nitrogens with zero attached hydrogens (tertiary/aromatic N) is 1. The van der Waals surface area contributed by atoms with Crippen LogP contribution in [0.2, 0.25) is 0 Å². The molecular weight excluding hydrogens is 269 g/mol. The minimum absolute atomic E-state index is 0.398. The van der Waals surface area contributed by atoms with Crippen molar-refractivity contribution in [3.05, 3.63) is 29.8 Å². The van der Waals surface area contributed by atoms with Crippen molar-refractivity contribution in [3.8, 4) is 0 Å². The lowest BCUT2D eigenvalue weighted by molar-refractivity contribution is -0.143. The maximum atomic E-state index is 12.8. The van der Waals surface area contributed by atoms with Gasteiger partial charge in [0.2, 0.25) is 5.91 Å². The van der Waals surface area contributed by atoms with Gasteiger partial charge in [-0.3, -0.25) is 4.79 Å². The molecule has 110 valence electrons. The third-order valence-electron chi connectivity index (χ3n) is 3.84. The first kappa shape index (κ1) is 14.8. The zero-order chi connectivity index (χ0) is 15.1. The lowest BCUT2D eigenvalue weighted by atomic mass is 9.81. The number of benzene rings is 1. The molecule has 1 aliphatic rings. The van der Waals surface area contributed by atoms with Gasteiger partial charge in [-0.25, -0.2) is 0 Å². The highest BCUT2D eigenvalue weighted by molar-refractivity contribution is 5.93. The Morgan fingerprint density at radius 3 is 2.50 bits per heavy atom. The SMILES string of the molecule is CC(=O)N1c2ccccc2[C@H](N)[C@@H](C)[C@@H]1CC(F)(F)F. The quantitative estimate of drug-likeness (QED) is 0.862. The van der Waals surface area contributed by atoms with Gasteiger partial charge >= 0.3 is 6.18 Å². The fourth-order valence-electron chi connectivity index (χ4n) is 2.84. The van der Waals surface area contributed by atoms with Crippen molar-refractivity contribution in [1.29, 1.82) is 0 Å². The Labute approximate surface area is 115 Å². The first-order valence-corrected chi connectivity index (χ1v) is 6.43. The smallest absolute Gasteiger partial charge is 0.324 e. The molecule has 0 radical (unpaired) electrons. The number of carbonyl (C=O) groups is 1. The molecule has 6 heteroatoms. The molecule has 1 aromatic carbocycles. The average Bonchev–Trinajstić information content (AvgIpc) is 2.34. The number of anilines is 1. The molecule has 0 saturated carbocycles. The second-order valence-electron chi connectivity index (χ2n) is 5.22. The van der Waals surface area contributed by atoms with E-state index in [4.69, 9.17) is 5.73 Å². The van der Waals surface area contributed by atoms with E-state index in [1.807, 2.05) is 0 Å². The lowest BCUT2D eigenvalue weighted by Crippen LogP contribution is -2.52. The van der Waals surface area contributed by atoms with E-state index in [2.05, 4.69) is 0 Å². The molecule has 1 heterocycles. The highest BCUT2D eigenvalue weighted by atomic mass is 19.4. The van der Waals surface area contributed by atoms with Crippen LogP contribution < -0.4 is 10.6 Å². The summed E-state index contributed by atoms with van der Waals surface area (Å²) >= 11 is 0. The predicted molar refractivity (Wildman–Crippen MR) is 70.2 cm³/mol. The van der Waals surface area contributed by atoms with E-state index in [1.165, 1.54) is 11.8 Å². The molecule has 0 spiro atoms. The van der Waals surface area contributed by atoms with E-state index in [0.717, 1.165) is 0 Å². The predicted octanol–water partition coefficient (Wildman–Crippen LogP) is 3.01. The van der Waals surface area contributed by atoms with Gasteiger partial charge < -0.3 is 10.6 Å². The number of para-hydroxylation sites is 1. The third kappa shape index (κ3) is 2.65. The minimum atomic E-state index is -4.33. The number of amides is 1. The van der Waals surface area contributed by atoms with Gasteiger partial charge in [0.05, 0.1) is 6.42 Å². The molecular formula is C14H17F3N2O. The summed E-state index contributed by atoms with van der Waals surface area (Å²) in [6, 6.07) is 5.41. The first-order chi connectivity index (χ1) is 9.22. The van der Waals surface area contributed by atoms with E-state index in [0.29, 0.717) is 11.3 Å². The second-order valence-corrected chi connectivity index (χ2v) is 5.22. The van der Waals surface area contributed by atoms with Crippen LogP contribution in [0.25, 0.3) is 0 Å². The fraction of sp³-hybridized carbons (Fsp3) is 0.500. The zero-order valence-corrected chi connectivity index (χ0v) is 11.3. The summed E-state index contributed by atoms with van der Waals surface area (Å²) in [4.78, 5) is 13.1. The van der Waals surface area contributed by atoms with Crippen LogP contribution in [0.1, 0.15) is 31.9 Å². The first-order valence-electron chi connectivity index (χ1n) is 6.43.